The van der Waals surface area contributed by atoms with Crippen LogP contribution >= 0.6 is 15.9 Å². The van der Waals surface area contributed by atoms with Crippen LogP contribution in [0.1, 0.15) is 5.56 Å². The lowest BCUT2D eigenvalue weighted by molar-refractivity contribution is 0.277. The van der Waals surface area contributed by atoms with Crippen molar-refractivity contribution in [3.8, 4) is 0 Å². The Morgan fingerprint density at radius 3 is 2.69 bits per heavy atom. The molecule has 1 aromatic carbocycles. The molecular formula is C9H10BrFN2. The van der Waals surface area contributed by atoms with Crippen molar-refractivity contribution in [2.75, 3.05) is 13.1 Å². The second-order valence-corrected chi connectivity index (χ2v) is 4.22. The Morgan fingerprint density at radius 1 is 1.46 bits per heavy atom. The van der Waals surface area contributed by atoms with Gasteiger partial charge < -0.3 is 11.1 Å². The average molecular weight is 245 g/mol. The smallest absolute Gasteiger partial charge is 0.142 e. The highest BCUT2D eigenvalue weighted by molar-refractivity contribution is 9.10. The molecule has 2 nitrogen and oxygen atoms in total. The van der Waals surface area contributed by atoms with Crippen LogP contribution in [0.5, 0.6) is 0 Å². The lowest BCUT2D eigenvalue weighted by Crippen LogP contribution is -2.63. The van der Waals surface area contributed by atoms with Gasteiger partial charge in [-0.05, 0) is 22.0 Å². The van der Waals surface area contributed by atoms with Crippen LogP contribution in [0.4, 0.5) is 4.39 Å². The molecule has 1 fully saturated rings. The van der Waals surface area contributed by atoms with Gasteiger partial charge in [-0.1, -0.05) is 12.1 Å². The Balaban J connectivity index is 2.45. The molecule has 13 heavy (non-hydrogen) atoms. The number of nitrogens with two attached hydrogens (primary N) is 1. The van der Waals surface area contributed by atoms with Crippen molar-refractivity contribution in [2.45, 2.75) is 5.54 Å². The zero-order valence-corrected chi connectivity index (χ0v) is 8.57. The molecule has 0 amide bonds. The third-order valence-electron chi connectivity index (χ3n) is 2.37. The molecule has 3 N–H and O–H groups in total. The molecule has 1 aliphatic rings. The quantitative estimate of drug-likeness (QED) is 0.783. The van der Waals surface area contributed by atoms with E-state index >= 15 is 0 Å². The van der Waals surface area contributed by atoms with Crippen LogP contribution in [-0.2, 0) is 5.54 Å². The fourth-order valence-corrected chi connectivity index (χ4v) is 1.84. The van der Waals surface area contributed by atoms with E-state index in [1.54, 1.807) is 18.2 Å². The minimum Gasteiger partial charge on any atom is -0.319 e. The highest BCUT2D eigenvalue weighted by Crippen LogP contribution is 2.28. The number of hydrogen-bond donors (Lipinski definition) is 2. The molecule has 4 heteroatoms. The largest absolute Gasteiger partial charge is 0.319 e. The molecule has 0 aromatic heterocycles. The second kappa shape index (κ2) is 3.04. The SMILES string of the molecule is NC1(c2cccc(Br)c2F)CNC1. The average Bonchev–Trinajstić information content (AvgIpc) is 2.06. The lowest BCUT2D eigenvalue weighted by Gasteiger charge is -2.39. The summed E-state index contributed by atoms with van der Waals surface area (Å²) in [5.74, 6) is -0.244. The Kier molecular flexibility index (Phi) is 2.14. The van der Waals surface area contributed by atoms with Crippen molar-refractivity contribution in [3.05, 3.63) is 34.1 Å². The molecule has 70 valence electrons. The first-order valence-electron chi connectivity index (χ1n) is 4.07. The van der Waals surface area contributed by atoms with Crippen molar-refractivity contribution in [3.63, 3.8) is 0 Å². The Bertz CT molecular complexity index is 336. The maximum Gasteiger partial charge on any atom is 0.142 e. The van der Waals surface area contributed by atoms with E-state index in [4.69, 9.17) is 5.73 Å². The van der Waals surface area contributed by atoms with E-state index in [0.717, 1.165) is 0 Å². The van der Waals surface area contributed by atoms with Crippen LogP contribution < -0.4 is 11.1 Å². The van der Waals surface area contributed by atoms with E-state index in [-0.39, 0.29) is 5.82 Å². The van der Waals surface area contributed by atoms with Gasteiger partial charge in [-0.2, -0.15) is 0 Å². The van der Waals surface area contributed by atoms with Gasteiger partial charge in [0.2, 0.25) is 0 Å². The summed E-state index contributed by atoms with van der Waals surface area (Å²) < 4.78 is 14.0. The topological polar surface area (TPSA) is 38.0 Å². The van der Waals surface area contributed by atoms with Crippen molar-refractivity contribution in [1.82, 2.24) is 5.32 Å². The predicted molar refractivity (Wildman–Crippen MR) is 52.8 cm³/mol. The molecule has 1 aliphatic heterocycles. The van der Waals surface area contributed by atoms with Crippen molar-refractivity contribution < 1.29 is 4.39 Å². The monoisotopic (exact) mass is 244 g/mol. The van der Waals surface area contributed by atoms with Gasteiger partial charge in [0.05, 0.1) is 10.0 Å². The van der Waals surface area contributed by atoms with E-state index in [1.807, 2.05) is 0 Å². The fraction of sp³-hybridized carbons (Fsp3) is 0.333. The van der Waals surface area contributed by atoms with E-state index in [1.165, 1.54) is 0 Å². The van der Waals surface area contributed by atoms with Crippen LogP contribution in [0, 0.1) is 5.82 Å². The Hall–Kier alpha value is -0.450. The van der Waals surface area contributed by atoms with Crippen LogP contribution in [0.2, 0.25) is 0 Å². The molecule has 1 aromatic rings. The molecule has 0 spiro atoms. The van der Waals surface area contributed by atoms with Gasteiger partial charge in [-0.3, -0.25) is 0 Å². The summed E-state index contributed by atoms with van der Waals surface area (Å²) in [6, 6.07) is 5.21. The summed E-state index contributed by atoms with van der Waals surface area (Å²) >= 11 is 3.14. The molecule has 2 rings (SSSR count). The first kappa shape index (κ1) is 9.12. The van der Waals surface area contributed by atoms with Gasteiger partial charge in [0, 0.05) is 18.7 Å². The minimum absolute atomic E-state index is 0.244. The maximum absolute atomic E-state index is 13.6. The van der Waals surface area contributed by atoms with Gasteiger partial charge in [0.15, 0.2) is 0 Å². The molecule has 0 saturated carbocycles. The third-order valence-corrected chi connectivity index (χ3v) is 2.98. The highest BCUT2D eigenvalue weighted by atomic mass is 79.9. The van der Waals surface area contributed by atoms with Gasteiger partial charge in [-0.15, -0.1) is 0 Å². The first-order chi connectivity index (χ1) is 6.13. The van der Waals surface area contributed by atoms with E-state index in [0.29, 0.717) is 23.1 Å². The lowest BCUT2D eigenvalue weighted by atomic mass is 9.85. The molecule has 1 saturated heterocycles. The van der Waals surface area contributed by atoms with Crippen LogP contribution in [-0.4, -0.2) is 13.1 Å². The van der Waals surface area contributed by atoms with Crippen molar-refractivity contribution >= 4 is 15.9 Å². The van der Waals surface area contributed by atoms with Crippen molar-refractivity contribution in [1.29, 1.82) is 0 Å². The minimum atomic E-state index is -0.520. The van der Waals surface area contributed by atoms with Crippen LogP contribution in [0.15, 0.2) is 22.7 Å². The predicted octanol–water partition coefficient (Wildman–Crippen LogP) is 1.35. The van der Waals surface area contributed by atoms with E-state index in [9.17, 15) is 4.39 Å². The van der Waals surface area contributed by atoms with Crippen LogP contribution in [0.3, 0.4) is 0 Å². The molecule has 0 radical (unpaired) electrons. The maximum atomic E-state index is 13.6. The second-order valence-electron chi connectivity index (χ2n) is 3.36. The number of halogens is 2. The summed E-state index contributed by atoms with van der Waals surface area (Å²) in [7, 11) is 0. The fourth-order valence-electron chi connectivity index (χ4n) is 1.47. The third kappa shape index (κ3) is 1.39. The zero-order chi connectivity index (χ0) is 9.47. The number of rotatable bonds is 1. The van der Waals surface area contributed by atoms with Gasteiger partial charge in [0.1, 0.15) is 5.82 Å². The van der Waals surface area contributed by atoms with Crippen LogP contribution in [0.25, 0.3) is 0 Å². The zero-order valence-electron chi connectivity index (χ0n) is 6.98. The molecule has 0 aliphatic carbocycles. The summed E-state index contributed by atoms with van der Waals surface area (Å²) in [6.45, 7) is 1.28. The highest BCUT2D eigenvalue weighted by Gasteiger charge is 2.36. The molecule has 0 atom stereocenters. The number of hydrogen-bond acceptors (Lipinski definition) is 2. The summed E-state index contributed by atoms with van der Waals surface area (Å²) in [5, 5.41) is 3.04. The normalized spacial score (nSPS) is 19.6. The summed E-state index contributed by atoms with van der Waals surface area (Å²) in [4.78, 5) is 0. The molecular weight excluding hydrogens is 235 g/mol. The first-order valence-corrected chi connectivity index (χ1v) is 4.87. The van der Waals surface area contributed by atoms with Gasteiger partial charge in [-0.25, -0.2) is 4.39 Å². The Labute approximate surface area is 84.4 Å². The number of nitrogens with one attached hydrogen (secondary N) is 1. The summed E-state index contributed by atoms with van der Waals surface area (Å²) in [5.41, 5.74) is 6.03. The molecule has 0 bridgehead atoms. The van der Waals surface area contributed by atoms with Gasteiger partial charge in [0.25, 0.3) is 0 Å². The summed E-state index contributed by atoms with van der Waals surface area (Å²) in [6.07, 6.45) is 0. The van der Waals surface area contributed by atoms with Gasteiger partial charge >= 0.3 is 0 Å². The van der Waals surface area contributed by atoms with Crippen molar-refractivity contribution in [2.24, 2.45) is 5.73 Å². The van der Waals surface area contributed by atoms with E-state index in [2.05, 4.69) is 21.2 Å². The Morgan fingerprint density at radius 2 is 2.15 bits per heavy atom. The number of benzene rings is 1. The van der Waals surface area contributed by atoms with E-state index < -0.39 is 5.54 Å². The molecule has 1 heterocycles. The molecule has 0 unspecified atom stereocenters. The standard InChI is InChI=1S/C9H10BrFN2/c10-7-3-1-2-6(8(7)11)9(12)4-13-5-9/h1-3,13H,4-5,12H2.